The molecule has 0 aliphatic heterocycles. The van der Waals surface area contributed by atoms with E-state index in [1.807, 2.05) is 0 Å². The van der Waals surface area contributed by atoms with E-state index in [-0.39, 0.29) is 10.6 Å². The smallest absolute Gasteiger partial charge is 0.354 e. The minimum absolute atomic E-state index is 0.0166. The number of carboxylic acid groups (broad SMARTS) is 1. The molecule has 0 bridgehead atoms. The van der Waals surface area contributed by atoms with E-state index in [0.29, 0.717) is 32.7 Å². The summed E-state index contributed by atoms with van der Waals surface area (Å²) in [5.74, 6) is 4.63. The van der Waals surface area contributed by atoms with Gasteiger partial charge in [-0.2, -0.15) is 0 Å². The topological polar surface area (TPSA) is 109 Å². The molecule has 32 heavy (non-hydrogen) atoms. The van der Waals surface area contributed by atoms with Crippen LogP contribution in [0.15, 0.2) is 78.0 Å². The van der Waals surface area contributed by atoms with Crippen LogP contribution in [0.3, 0.4) is 0 Å². The second kappa shape index (κ2) is 8.67. The summed E-state index contributed by atoms with van der Waals surface area (Å²) in [6.45, 7) is 0. The predicted octanol–water partition coefficient (Wildman–Crippen LogP) is 4.18. The van der Waals surface area contributed by atoms with Gasteiger partial charge in [0, 0.05) is 28.9 Å². The van der Waals surface area contributed by atoms with Gasteiger partial charge in [-0.15, -0.1) is 0 Å². The fourth-order valence-electron chi connectivity index (χ4n) is 2.94. The first-order valence-corrected chi connectivity index (χ1v) is 11.1. The van der Waals surface area contributed by atoms with Crippen LogP contribution in [0.5, 0.6) is 0 Å². The number of benzene rings is 2. The van der Waals surface area contributed by atoms with E-state index < -0.39 is 16.0 Å². The number of para-hydroxylation sites is 2. The highest BCUT2D eigenvalue weighted by Crippen LogP contribution is 2.26. The number of rotatable bonds is 4. The zero-order chi connectivity index (χ0) is 22.7. The van der Waals surface area contributed by atoms with E-state index in [9.17, 15) is 13.2 Å². The molecule has 7 nitrogen and oxygen atoms in total. The van der Waals surface area contributed by atoms with Gasteiger partial charge < -0.3 is 5.11 Å². The molecule has 0 atom stereocenters. The van der Waals surface area contributed by atoms with E-state index >= 15 is 0 Å². The third kappa shape index (κ3) is 4.54. The first-order valence-electron chi connectivity index (χ1n) is 9.21. The zero-order valence-electron chi connectivity index (χ0n) is 16.3. The number of aromatic carboxylic acids is 1. The lowest BCUT2D eigenvalue weighted by Gasteiger charge is -2.11. The molecule has 0 spiro atoms. The van der Waals surface area contributed by atoms with Crippen LogP contribution in [0.4, 0.5) is 5.69 Å². The molecule has 4 aromatic rings. The molecule has 2 heterocycles. The summed E-state index contributed by atoms with van der Waals surface area (Å²) in [6, 6.07) is 16.0. The van der Waals surface area contributed by atoms with Gasteiger partial charge >= 0.3 is 5.97 Å². The van der Waals surface area contributed by atoms with Crippen molar-refractivity contribution in [1.82, 2.24) is 9.97 Å². The Morgan fingerprint density at radius 2 is 1.78 bits per heavy atom. The number of anilines is 1. The molecule has 9 heteroatoms. The lowest BCUT2D eigenvalue weighted by Crippen LogP contribution is -2.14. The number of nitrogens with one attached hydrogen (secondary N) is 1. The van der Waals surface area contributed by atoms with Crippen molar-refractivity contribution in [2.45, 2.75) is 4.90 Å². The molecule has 4 rings (SSSR count). The second-order valence-electron chi connectivity index (χ2n) is 6.62. The number of hydrogen-bond donors (Lipinski definition) is 2. The van der Waals surface area contributed by atoms with Crippen molar-refractivity contribution < 1.29 is 18.3 Å². The van der Waals surface area contributed by atoms with E-state index in [4.69, 9.17) is 16.7 Å². The molecule has 0 saturated heterocycles. The number of carboxylic acids is 1. The monoisotopic (exact) mass is 463 g/mol. The third-order valence-corrected chi connectivity index (χ3v) is 6.03. The fraction of sp³-hybridized carbons (Fsp3) is 0. The summed E-state index contributed by atoms with van der Waals surface area (Å²) in [4.78, 5) is 18.9. The molecule has 0 saturated carbocycles. The minimum Gasteiger partial charge on any atom is -0.477 e. The number of fused-ring (bicyclic) bond motifs is 1. The van der Waals surface area contributed by atoms with Gasteiger partial charge in [0.15, 0.2) is 0 Å². The maximum absolute atomic E-state index is 13.1. The predicted molar refractivity (Wildman–Crippen MR) is 121 cm³/mol. The maximum atomic E-state index is 13.1. The molecular formula is C23H14ClN3O4S. The van der Waals surface area contributed by atoms with E-state index in [1.54, 1.807) is 42.5 Å². The van der Waals surface area contributed by atoms with Crippen LogP contribution in [-0.2, 0) is 10.0 Å². The average molecular weight is 464 g/mol. The van der Waals surface area contributed by atoms with Gasteiger partial charge in [0.2, 0.25) is 0 Å². The highest BCUT2D eigenvalue weighted by atomic mass is 35.5. The average Bonchev–Trinajstić information content (AvgIpc) is 2.78. The quantitative estimate of drug-likeness (QED) is 0.439. The van der Waals surface area contributed by atoms with Crippen LogP contribution >= 0.6 is 11.6 Å². The standard InChI is InChI=1S/C23H14ClN3O4S/c24-18-12-17-5-3-7-21(22(17)26-14-18)32(30,31)27-19-6-2-1-4-16(19)10-8-15-9-11-20(23(28)29)25-13-15/h1-7,9,11-14,27H,(H,28,29). The molecule has 2 aromatic carbocycles. The lowest BCUT2D eigenvalue weighted by atomic mass is 10.1. The van der Waals surface area contributed by atoms with E-state index in [1.165, 1.54) is 30.6 Å². The molecule has 2 N–H and O–H groups in total. The summed E-state index contributed by atoms with van der Waals surface area (Å²) >= 11 is 5.97. The molecule has 2 aromatic heterocycles. The number of pyridine rings is 2. The molecule has 0 fully saturated rings. The normalized spacial score (nSPS) is 10.9. The van der Waals surface area contributed by atoms with Crippen LogP contribution in [0.25, 0.3) is 10.9 Å². The Kier molecular flexibility index (Phi) is 5.77. The Bertz CT molecular complexity index is 1510. The Morgan fingerprint density at radius 3 is 2.53 bits per heavy atom. The lowest BCUT2D eigenvalue weighted by molar-refractivity contribution is 0.0690. The van der Waals surface area contributed by atoms with Gasteiger partial charge in [-0.25, -0.2) is 18.2 Å². The van der Waals surface area contributed by atoms with Crippen LogP contribution in [0, 0.1) is 11.8 Å². The second-order valence-corrected chi connectivity index (χ2v) is 8.71. The highest BCUT2D eigenvalue weighted by Gasteiger charge is 2.19. The highest BCUT2D eigenvalue weighted by molar-refractivity contribution is 7.93. The van der Waals surface area contributed by atoms with Gasteiger partial charge in [0.1, 0.15) is 10.6 Å². The van der Waals surface area contributed by atoms with Crippen LogP contribution in [0.2, 0.25) is 5.02 Å². The molecule has 0 radical (unpaired) electrons. The molecule has 158 valence electrons. The summed E-state index contributed by atoms with van der Waals surface area (Å²) in [7, 11) is -3.97. The number of hydrogen-bond acceptors (Lipinski definition) is 5. The van der Waals surface area contributed by atoms with Gasteiger partial charge in [0.25, 0.3) is 10.0 Å². The van der Waals surface area contributed by atoms with Crippen LogP contribution in [-0.4, -0.2) is 29.5 Å². The van der Waals surface area contributed by atoms with Gasteiger partial charge in [0.05, 0.1) is 16.2 Å². The number of sulfonamides is 1. The van der Waals surface area contributed by atoms with Crippen molar-refractivity contribution in [3.8, 4) is 11.8 Å². The Balaban J connectivity index is 1.68. The van der Waals surface area contributed by atoms with Crippen LogP contribution < -0.4 is 4.72 Å². The van der Waals surface area contributed by atoms with Crippen molar-refractivity contribution in [2.75, 3.05) is 4.72 Å². The van der Waals surface area contributed by atoms with Gasteiger partial charge in [-0.1, -0.05) is 47.7 Å². The third-order valence-electron chi connectivity index (χ3n) is 4.43. The number of aromatic nitrogens is 2. The minimum atomic E-state index is -3.97. The summed E-state index contributed by atoms with van der Waals surface area (Å²) in [6.07, 6.45) is 2.74. The maximum Gasteiger partial charge on any atom is 0.354 e. The molecule has 0 amide bonds. The molecule has 0 aliphatic carbocycles. The Morgan fingerprint density at radius 1 is 0.969 bits per heavy atom. The van der Waals surface area contributed by atoms with Crippen LogP contribution in [0.1, 0.15) is 21.6 Å². The Hall–Kier alpha value is -3.93. The molecular weight excluding hydrogens is 450 g/mol. The van der Waals surface area contributed by atoms with Crippen molar-refractivity contribution in [1.29, 1.82) is 0 Å². The van der Waals surface area contributed by atoms with Crippen molar-refractivity contribution in [3.63, 3.8) is 0 Å². The van der Waals surface area contributed by atoms with Gasteiger partial charge in [-0.3, -0.25) is 9.71 Å². The number of nitrogens with zero attached hydrogens (tertiary/aromatic N) is 2. The fourth-order valence-corrected chi connectivity index (χ4v) is 4.36. The van der Waals surface area contributed by atoms with Crippen molar-refractivity contribution in [3.05, 3.63) is 94.9 Å². The first kappa shape index (κ1) is 21.3. The Labute approximate surface area is 188 Å². The molecule has 0 unspecified atom stereocenters. The zero-order valence-corrected chi connectivity index (χ0v) is 17.9. The number of carbonyl (C=O) groups is 1. The van der Waals surface area contributed by atoms with E-state index in [0.717, 1.165) is 0 Å². The first-order chi connectivity index (χ1) is 15.3. The summed E-state index contributed by atoms with van der Waals surface area (Å²) < 4.78 is 28.8. The summed E-state index contributed by atoms with van der Waals surface area (Å²) in [5, 5.41) is 9.94. The largest absolute Gasteiger partial charge is 0.477 e. The summed E-state index contributed by atoms with van der Waals surface area (Å²) in [5.41, 5.74) is 1.43. The SMILES string of the molecule is O=C(O)c1ccc(C#Cc2ccccc2NS(=O)(=O)c2cccc3cc(Cl)cnc23)cn1. The molecule has 0 aliphatic rings. The van der Waals surface area contributed by atoms with E-state index in [2.05, 4.69) is 26.5 Å². The number of halogens is 1. The van der Waals surface area contributed by atoms with Gasteiger partial charge in [-0.05, 0) is 36.4 Å². The van der Waals surface area contributed by atoms with Crippen molar-refractivity contribution >= 4 is 44.2 Å². The van der Waals surface area contributed by atoms with Crippen molar-refractivity contribution in [2.24, 2.45) is 0 Å².